The van der Waals surface area contributed by atoms with Crippen molar-refractivity contribution in [1.82, 2.24) is 9.80 Å². The summed E-state index contributed by atoms with van der Waals surface area (Å²) in [5, 5.41) is 4.33. The second-order valence-electron chi connectivity index (χ2n) is 5.54. The second kappa shape index (κ2) is 6.30. The van der Waals surface area contributed by atoms with E-state index in [2.05, 4.69) is 33.9 Å². The van der Waals surface area contributed by atoms with Gasteiger partial charge >= 0.3 is 0 Å². The van der Waals surface area contributed by atoms with E-state index in [0.29, 0.717) is 12.5 Å². The van der Waals surface area contributed by atoms with Crippen LogP contribution in [-0.2, 0) is 11.2 Å². The average Bonchev–Trinajstić information content (AvgIpc) is 3.14. The first-order chi connectivity index (χ1) is 10.2. The maximum absolute atomic E-state index is 11.9. The fraction of sp³-hybridized carbons (Fsp3) is 0.438. The number of hydrogen-bond donors (Lipinski definition) is 0. The zero-order valence-electron chi connectivity index (χ0n) is 12.4. The molecular weight excluding hydrogens is 300 g/mol. The zero-order chi connectivity index (χ0) is 14.8. The average molecular weight is 320 g/mol. The lowest BCUT2D eigenvalue weighted by molar-refractivity contribution is -0.129. The number of fused-ring (bicyclic) bond motifs is 1. The molecule has 3 nitrogen and oxygen atoms in total. The molecule has 0 N–H and O–H groups in total. The molecule has 1 unspecified atom stereocenters. The van der Waals surface area contributed by atoms with Crippen LogP contribution in [0.25, 0.3) is 0 Å². The fourth-order valence-electron chi connectivity index (χ4n) is 2.85. The van der Waals surface area contributed by atoms with Crippen molar-refractivity contribution < 1.29 is 4.79 Å². The molecule has 0 aromatic carbocycles. The topological polar surface area (TPSA) is 23.6 Å². The molecule has 1 atom stereocenters. The zero-order valence-corrected chi connectivity index (χ0v) is 14.0. The lowest BCUT2D eigenvalue weighted by Gasteiger charge is -2.35. The Kier molecular flexibility index (Phi) is 4.42. The van der Waals surface area contributed by atoms with Crippen LogP contribution in [-0.4, -0.2) is 42.9 Å². The van der Waals surface area contributed by atoms with Crippen molar-refractivity contribution in [3.63, 3.8) is 0 Å². The highest BCUT2D eigenvalue weighted by molar-refractivity contribution is 7.10. The van der Waals surface area contributed by atoms with E-state index < -0.39 is 0 Å². The maximum Gasteiger partial charge on any atom is 0.223 e. The molecule has 0 aliphatic carbocycles. The Labute approximate surface area is 133 Å². The number of hydrogen-bond acceptors (Lipinski definition) is 4. The number of amides is 1. The highest BCUT2D eigenvalue weighted by Gasteiger charge is 2.30. The van der Waals surface area contributed by atoms with Crippen molar-refractivity contribution in [3.05, 3.63) is 44.3 Å². The summed E-state index contributed by atoms with van der Waals surface area (Å²) in [6.07, 6.45) is 1.69. The van der Waals surface area contributed by atoms with Crippen LogP contribution in [0.5, 0.6) is 0 Å². The van der Waals surface area contributed by atoms with Gasteiger partial charge in [-0.25, -0.2) is 0 Å². The van der Waals surface area contributed by atoms with Crippen LogP contribution in [0.1, 0.15) is 27.8 Å². The van der Waals surface area contributed by atoms with Gasteiger partial charge in [0.2, 0.25) is 5.91 Å². The molecule has 21 heavy (non-hydrogen) atoms. The second-order valence-corrected chi connectivity index (χ2v) is 7.52. The predicted octanol–water partition coefficient (Wildman–Crippen LogP) is 3.24. The van der Waals surface area contributed by atoms with E-state index in [-0.39, 0.29) is 5.91 Å². The minimum absolute atomic E-state index is 0.205. The maximum atomic E-state index is 11.9. The summed E-state index contributed by atoms with van der Waals surface area (Å²) in [6.45, 7) is 1.87. The fourth-order valence-corrected chi connectivity index (χ4v) is 4.63. The summed E-state index contributed by atoms with van der Waals surface area (Å²) in [7, 11) is 3.65. The molecule has 3 rings (SSSR count). The SMILES string of the molecule is CN(C)C(=O)CCN1CCc2sccc2C1c1cccs1. The molecule has 1 amide bonds. The number of thiophene rings is 2. The Hall–Kier alpha value is -1.17. The molecule has 5 heteroatoms. The van der Waals surface area contributed by atoms with Crippen molar-refractivity contribution in [2.24, 2.45) is 0 Å². The Morgan fingerprint density at radius 3 is 2.90 bits per heavy atom. The van der Waals surface area contributed by atoms with Crippen molar-refractivity contribution in [1.29, 1.82) is 0 Å². The summed E-state index contributed by atoms with van der Waals surface area (Å²) in [6, 6.07) is 6.91. The van der Waals surface area contributed by atoms with Crippen molar-refractivity contribution in [3.8, 4) is 0 Å². The summed E-state index contributed by atoms with van der Waals surface area (Å²) < 4.78 is 0. The van der Waals surface area contributed by atoms with E-state index in [9.17, 15) is 4.79 Å². The predicted molar refractivity (Wildman–Crippen MR) is 89.1 cm³/mol. The number of carbonyl (C=O) groups excluding carboxylic acids is 1. The van der Waals surface area contributed by atoms with E-state index in [0.717, 1.165) is 19.5 Å². The lowest BCUT2D eigenvalue weighted by Crippen LogP contribution is -2.37. The van der Waals surface area contributed by atoms with E-state index >= 15 is 0 Å². The van der Waals surface area contributed by atoms with Crippen molar-refractivity contribution >= 4 is 28.6 Å². The summed E-state index contributed by atoms with van der Waals surface area (Å²) in [4.78, 5) is 18.9. The quantitative estimate of drug-likeness (QED) is 0.863. The molecule has 3 heterocycles. The van der Waals surface area contributed by atoms with Gasteiger partial charge in [0.15, 0.2) is 0 Å². The highest BCUT2D eigenvalue weighted by Crippen LogP contribution is 2.39. The third kappa shape index (κ3) is 3.05. The van der Waals surface area contributed by atoms with Gasteiger partial charge in [-0.15, -0.1) is 22.7 Å². The highest BCUT2D eigenvalue weighted by atomic mass is 32.1. The Balaban J connectivity index is 1.81. The monoisotopic (exact) mass is 320 g/mol. The molecule has 1 aliphatic heterocycles. The summed E-state index contributed by atoms with van der Waals surface area (Å²) in [5.41, 5.74) is 1.44. The van der Waals surface area contributed by atoms with Gasteiger partial charge in [0, 0.05) is 43.4 Å². The van der Waals surface area contributed by atoms with E-state index in [1.807, 2.05) is 36.8 Å². The molecule has 2 aromatic rings. The minimum atomic E-state index is 0.205. The van der Waals surface area contributed by atoms with E-state index in [1.165, 1.54) is 15.3 Å². The van der Waals surface area contributed by atoms with Gasteiger partial charge < -0.3 is 4.90 Å². The van der Waals surface area contributed by atoms with Gasteiger partial charge in [0.1, 0.15) is 0 Å². The van der Waals surface area contributed by atoms with Crippen LogP contribution in [0.2, 0.25) is 0 Å². The molecule has 112 valence electrons. The number of rotatable bonds is 4. The molecule has 1 aliphatic rings. The molecular formula is C16H20N2OS2. The van der Waals surface area contributed by atoms with Crippen LogP contribution in [0, 0.1) is 0 Å². The van der Waals surface area contributed by atoms with Crippen LogP contribution >= 0.6 is 22.7 Å². The number of carbonyl (C=O) groups is 1. The van der Waals surface area contributed by atoms with Crippen LogP contribution in [0.4, 0.5) is 0 Å². The molecule has 0 spiro atoms. The van der Waals surface area contributed by atoms with E-state index in [4.69, 9.17) is 0 Å². The first-order valence-electron chi connectivity index (χ1n) is 7.20. The summed E-state index contributed by atoms with van der Waals surface area (Å²) >= 11 is 3.67. The molecule has 0 fully saturated rings. The molecule has 2 aromatic heterocycles. The van der Waals surface area contributed by atoms with Crippen LogP contribution < -0.4 is 0 Å². The smallest absolute Gasteiger partial charge is 0.223 e. The number of nitrogens with zero attached hydrogens (tertiary/aromatic N) is 2. The van der Waals surface area contributed by atoms with Gasteiger partial charge in [-0.1, -0.05) is 6.07 Å². The summed E-state index contributed by atoms with van der Waals surface area (Å²) in [5.74, 6) is 0.205. The standard InChI is InChI=1S/C16H20N2OS2/c1-17(2)15(19)6-9-18-8-5-13-12(7-11-21-13)16(18)14-4-3-10-20-14/h3-4,7,10-11,16H,5-6,8-9H2,1-2H3. The lowest BCUT2D eigenvalue weighted by atomic mass is 9.98. The first kappa shape index (κ1) is 14.8. The molecule has 0 saturated heterocycles. The third-order valence-corrected chi connectivity index (χ3v) is 5.91. The van der Waals surface area contributed by atoms with Crippen molar-refractivity contribution in [2.75, 3.05) is 27.2 Å². The van der Waals surface area contributed by atoms with Crippen LogP contribution in [0.3, 0.4) is 0 Å². The largest absolute Gasteiger partial charge is 0.349 e. The van der Waals surface area contributed by atoms with Gasteiger partial charge in [-0.3, -0.25) is 9.69 Å². The first-order valence-corrected chi connectivity index (χ1v) is 8.96. The van der Waals surface area contributed by atoms with Crippen molar-refractivity contribution in [2.45, 2.75) is 18.9 Å². The van der Waals surface area contributed by atoms with Gasteiger partial charge in [0.25, 0.3) is 0 Å². The van der Waals surface area contributed by atoms with E-state index in [1.54, 1.807) is 4.90 Å². The van der Waals surface area contributed by atoms with Gasteiger partial charge in [-0.05, 0) is 34.9 Å². The minimum Gasteiger partial charge on any atom is -0.349 e. The van der Waals surface area contributed by atoms with Crippen LogP contribution in [0.15, 0.2) is 29.0 Å². The normalized spacial score (nSPS) is 18.5. The van der Waals surface area contributed by atoms with Gasteiger partial charge in [0.05, 0.1) is 6.04 Å². The Bertz CT molecular complexity index is 604. The Morgan fingerprint density at radius 2 is 2.19 bits per heavy atom. The Morgan fingerprint density at radius 1 is 1.33 bits per heavy atom. The molecule has 0 bridgehead atoms. The molecule has 0 saturated carbocycles. The third-order valence-electron chi connectivity index (χ3n) is 3.99. The molecule has 0 radical (unpaired) electrons. The van der Waals surface area contributed by atoms with Gasteiger partial charge in [-0.2, -0.15) is 0 Å².